The summed E-state index contributed by atoms with van der Waals surface area (Å²) in [6.07, 6.45) is 4.95. The molecule has 0 unspecified atom stereocenters. The Morgan fingerprint density at radius 1 is 0.892 bits per heavy atom. The average Bonchev–Trinajstić information content (AvgIpc) is 3.27. The van der Waals surface area contributed by atoms with E-state index in [1.54, 1.807) is 6.92 Å². The zero-order valence-corrected chi connectivity index (χ0v) is 22.5. The summed E-state index contributed by atoms with van der Waals surface area (Å²) < 4.78 is 27.2. The fourth-order valence-electron chi connectivity index (χ4n) is 5.77. The van der Waals surface area contributed by atoms with Gasteiger partial charge in [-0.2, -0.15) is 0 Å². The quantitative estimate of drug-likeness (QED) is 0.364. The molecule has 2 aliphatic heterocycles. The molecule has 0 radical (unpaired) electrons. The van der Waals surface area contributed by atoms with Crippen molar-refractivity contribution >= 4 is 22.8 Å². The van der Waals surface area contributed by atoms with E-state index in [4.69, 9.17) is 0 Å². The van der Waals surface area contributed by atoms with Gasteiger partial charge in [0.25, 0.3) is 0 Å². The SMILES string of the molecule is CCc1c(CCN2CCC(=C(c3ccc(F)cc3)c3ccc(F)cc3)CC2)sc2c1CCN(C(C)=O)C2. The van der Waals surface area contributed by atoms with Crippen LogP contribution >= 0.6 is 11.3 Å². The number of carbonyl (C=O) groups excluding carboxylic acids is 1. The number of rotatable bonds is 6. The van der Waals surface area contributed by atoms with Crippen molar-refractivity contribution in [2.75, 3.05) is 26.2 Å². The molecule has 2 aliphatic rings. The van der Waals surface area contributed by atoms with Crippen LogP contribution in [0.25, 0.3) is 5.57 Å². The van der Waals surface area contributed by atoms with Gasteiger partial charge in [-0.3, -0.25) is 4.79 Å². The Balaban J connectivity index is 1.29. The molecule has 3 nitrogen and oxygen atoms in total. The summed E-state index contributed by atoms with van der Waals surface area (Å²) in [5.74, 6) is -0.341. The van der Waals surface area contributed by atoms with E-state index in [9.17, 15) is 13.6 Å². The van der Waals surface area contributed by atoms with Gasteiger partial charge in [0, 0.05) is 42.9 Å². The predicted molar refractivity (Wildman–Crippen MR) is 147 cm³/mol. The number of hydrogen-bond acceptors (Lipinski definition) is 3. The number of piperidine rings is 1. The molecule has 0 saturated carbocycles. The monoisotopic (exact) mass is 520 g/mol. The number of fused-ring (bicyclic) bond motifs is 1. The zero-order chi connectivity index (χ0) is 25.9. The van der Waals surface area contributed by atoms with Gasteiger partial charge >= 0.3 is 0 Å². The molecule has 3 heterocycles. The van der Waals surface area contributed by atoms with Crippen LogP contribution < -0.4 is 0 Å². The molecule has 1 amide bonds. The molecule has 1 aromatic heterocycles. The molecular formula is C31H34F2N2OS. The lowest BCUT2D eigenvalue weighted by atomic mass is 9.88. The normalized spacial score (nSPS) is 16.1. The third kappa shape index (κ3) is 5.70. The Morgan fingerprint density at radius 2 is 1.49 bits per heavy atom. The first kappa shape index (κ1) is 25.8. The van der Waals surface area contributed by atoms with Gasteiger partial charge in [-0.1, -0.05) is 36.8 Å². The van der Waals surface area contributed by atoms with E-state index in [0.717, 1.165) is 81.5 Å². The minimum Gasteiger partial charge on any atom is -0.337 e. The summed E-state index contributed by atoms with van der Waals surface area (Å²) >= 11 is 1.91. The van der Waals surface area contributed by atoms with Crippen molar-refractivity contribution in [2.24, 2.45) is 0 Å². The largest absolute Gasteiger partial charge is 0.337 e. The maximum absolute atomic E-state index is 13.6. The molecule has 0 bridgehead atoms. The highest BCUT2D eigenvalue weighted by atomic mass is 32.1. The molecule has 3 aromatic rings. The van der Waals surface area contributed by atoms with Crippen LogP contribution in [0, 0.1) is 11.6 Å². The van der Waals surface area contributed by atoms with Crippen molar-refractivity contribution in [3.8, 4) is 0 Å². The number of nitrogens with zero attached hydrogens (tertiary/aromatic N) is 2. The first-order valence-corrected chi connectivity index (χ1v) is 14.1. The van der Waals surface area contributed by atoms with E-state index < -0.39 is 0 Å². The number of amides is 1. The van der Waals surface area contributed by atoms with Crippen LogP contribution in [0.15, 0.2) is 54.1 Å². The van der Waals surface area contributed by atoms with Gasteiger partial charge in [-0.05, 0) is 84.2 Å². The Labute approximate surface area is 222 Å². The first-order chi connectivity index (χ1) is 17.9. The summed E-state index contributed by atoms with van der Waals surface area (Å²) in [6.45, 7) is 8.48. The molecule has 1 saturated heterocycles. The first-order valence-electron chi connectivity index (χ1n) is 13.3. The molecule has 0 atom stereocenters. The molecular weight excluding hydrogens is 486 g/mol. The van der Waals surface area contributed by atoms with Gasteiger partial charge in [-0.15, -0.1) is 11.3 Å². The van der Waals surface area contributed by atoms with E-state index in [0.29, 0.717) is 0 Å². The second-order valence-corrected chi connectivity index (χ2v) is 11.2. The van der Waals surface area contributed by atoms with E-state index in [1.807, 2.05) is 40.5 Å². The third-order valence-corrected chi connectivity index (χ3v) is 9.10. The standard InChI is InChI=1S/C31H34F2N2OS/c1-3-27-28-14-19-35(21(2)36)20-30(28)37-29(27)15-18-34-16-12-24(13-17-34)31(22-4-8-25(32)9-5-22)23-6-10-26(33)11-7-23/h4-11H,3,12-20H2,1-2H3. The molecule has 6 heteroatoms. The molecule has 1 fully saturated rings. The number of carbonyl (C=O) groups is 1. The molecule has 194 valence electrons. The lowest BCUT2D eigenvalue weighted by Gasteiger charge is -2.30. The highest BCUT2D eigenvalue weighted by molar-refractivity contribution is 7.12. The van der Waals surface area contributed by atoms with Crippen LogP contribution in [0.3, 0.4) is 0 Å². The fourth-order valence-corrected chi connectivity index (χ4v) is 7.22. The Kier molecular flexibility index (Phi) is 7.87. The van der Waals surface area contributed by atoms with Crippen molar-refractivity contribution < 1.29 is 13.6 Å². The minimum atomic E-state index is -0.252. The highest BCUT2D eigenvalue weighted by Gasteiger charge is 2.25. The van der Waals surface area contributed by atoms with E-state index in [1.165, 1.54) is 50.7 Å². The lowest BCUT2D eigenvalue weighted by Crippen LogP contribution is -2.33. The number of thiophene rings is 1. The second-order valence-electron chi connectivity index (χ2n) is 10.0. The van der Waals surface area contributed by atoms with Crippen molar-refractivity contribution in [1.29, 1.82) is 0 Å². The molecule has 0 spiro atoms. The molecule has 2 aromatic carbocycles. The Hall–Kier alpha value is -2.83. The van der Waals surface area contributed by atoms with Gasteiger partial charge < -0.3 is 9.80 Å². The van der Waals surface area contributed by atoms with E-state index >= 15 is 0 Å². The van der Waals surface area contributed by atoms with Crippen LogP contribution in [-0.2, 0) is 30.6 Å². The van der Waals surface area contributed by atoms with Gasteiger partial charge in [-0.25, -0.2) is 8.78 Å². The third-order valence-electron chi connectivity index (χ3n) is 7.78. The summed E-state index contributed by atoms with van der Waals surface area (Å²) in [4.78, 5) is 19.2. The van der Waals surface area contributed by atoms with Crippen molar-refractivity contribution in [3.63, 3.8) is 0 Å². The van der Waals surface area contributed by atoms with Crippen LogP contribution in [0.5, 0.6) is 0 Å². The predicted octanol–water partition coefficient (Wildman–Crippen LogP) is 6.63. The van der Waals surface area contributed by atoms with Crippen molar-refractivity contribution in [2.45, 2.75) is 52.5 Å². The van der Waals surface area contributed by atoms with Crippen LogP contribution in [0.2, 0.25) is 0 Å². The van der Waals surface area contributed by atoms with Crippen LogP contribution in [0.1, 0.15) is 58.7 Å². The molecule has 37 heavy (non-hydrogen) atoms. The van der Waals surface area contributed by atoms with E-state index in [2.05, 4.69) is 11.8 Å². The maximum atomic E-state index is 13.6. The average molecular weight is 521 g/mol. The fraction of sp³-hybridized carbons (Fsp3) is 0.387. The number of likely N-dealkylation sites (tertiary alicyclic amines) is 1. The van der Waals surface area contributed by atoms with Gasteiger partial charge in [0.05, 0.1) is 6.54 Å². The Bertz CT molecular complexity index is 1240. The van der Waals surface area contributed by atoms with Crippen LogP contribution in [-0.4, -0.2) is 41.9 Å². The molecule has 0 aliphatic carbocycles. The van der Waals surface area contributed by atoms with Gasteiger partial charge in [0.1, 0.15) is 11.6 Å². The van der Waals surface area contributed by atoms with Crippen LogP contribution in [0.4, 0.5) is 8.78 Å². The summed E-state index contributed by atoms with van der Waals surface area (Å²) in [5.41, 5.74) is 7.41. The van der Waals surface area contributed by atoms with Crippen molar-refractivity contribution in [1.82, 2.24) is 9.80 Å². The highest BCUT2D eigenvalue weighted by Crippen LogP contribution is 2.35. The second kappa shape index (κ2) is 11.3. The summed E-state index contributed by atoms with van der Waals surface area (Å²) in [5, 5.41) is 0. The number of benzene rings is 2. The van der Waals surface area contributed by atoms with Gasteiger partial charge in [0.15, 0.2) is 0 Å². The van der Waals surface area contributed by atoms with Gasteiger partial charge in [0.2, 0.25) is 5.91 Å². The van der Waals surface area contributed by atoms with Crippen molar-refractivity contribution in [3.05, 3.63) is 97.7 Å². The summed E-state index contributed by atoms with van der Waals surface area (Å²) in [6, 6.07) is 13.3. The summed E-state index contributed by atoms with van der Waals surface area (Å²) in [7, 11) is 0. The topological polar surface area (TPSA) is 23.6 Å². The maximum Gasteiger partial charge on any atom is 0.219 e. The number of hydrogen-bond donors (Lipinski definition) is 0. The number of halogens is 2. The lowest BCUT2D eigenvalue weighted by molar-refractivity contribution is -0.129. The minimum absolute atomic E-state index is 0.163. The molecule has 0 N–H and O–H groups in total. The zero-order valence-electron chi connectivity index (χ0n) is 21.7. The smallest absolute Gasteiger partial charge is 0.219 e. The Morgan fingerprint density at radius 3 is 2.03 bits per heavy atom. The van der Waals surface area contributed by atoms with E-state index in [-0.39, 0.29) is 17.5 Å². The molecule has 5 rings (SSSR count).